The number of hydrogen-bond donors (Lipinski definition) is 2. The molecule has 0 spiro atoms. The van der Waals surface area contributed by atoms with Crippen LogP contribution < -0.4 is 9.47 Å². The van der Waals surface area contributed by atoms with Crippen molar-refractivity contribution in [2.24, 2.45) is 0 Å². The Hall–Kier alpha value is -1.46. The molecule has 0 aromatic carbocycles. The Morgan fingerprint density at radius 3 is 1.73 bits per heavy atom. The molecule has 0 saturated heterocycles. The van der Waals surface area contributed by atoms with Crippen molar-refractivity contribution >= 4 is 26.4 Å². The van der Waals surface area contributed by atoms with Crippen molar-refractivity contribution < 1.29 is 29.3 Å². The molecule has 2 heterocycles. The third-order valence-electron chi connectivity index (χ3n) is 1.79. The van der Waals surface area contributed by atoms with Crippen molar-refractivity contribution in [3.8, 4) is 11.5 Å². The molecule has 7 heteroatoms. The van der Waals surface area contributed by atoms with Gasteiger partial charge in [0.2, 0.25) is 0 Å². The van der Waals surface area contributed by atoms with E-state index in [2.05, 4.69) is 0 Å². The van der Waals surface area contributed by atoms with Crippen LogP contribution in [0, 0.1) is 0 Å². The van der Waals surface area contributed by atoms with Crippen molar-refractivity contribution in [1.29, 1.82) is 0 Å². The second kappa shape index (κ2) is 3.60. The number of hydrogen-bond acceptors (Lipinski definition) is 4. The van der Waals surface area contributed by atoms with Gasteiger partial charge in [0.1, 0.15) is 0 Å². The molecule has 2 N–H and O–H groups in total. The van der Waals surface area contributed by atoms with E-state index in [0.717, 1.165) is 0 Å². The molecular formula is C8H6O6Se. The fourth-order valence-electron chi connectivity index (χ4n) is 1.23. The van der Waals surface area contributed by atoms with Crippen molar-refractivity contribution in [2.75, 3.05) is 13.2 Å². The van der Waals surface area contributed by atoms with Crippen molar-refractivity contribution in [1.82, 2.24) is 0 Å². The van der Waals surface area contributed by atoms with Crippen LogP contribution in [0.1, 0.15) is 18.5 Å². The Morgan fingerprint density at radius 2 is 1.40 bits per heavy atom. The summed E-state index contributed by atoms with van der Waals surface area (Å²) >= 11 is -0.757. The molecule has 0 atom stereocenters. The maximum atomic E-state index is 10.8. The zero-order valence-corrected chi connectivity index (χ0v) is 9.06. The van der Waals surface area contributed by atoms with E-state index in [1.165, 1.54) is 0 Å². The zero-order chi connectivity index (χ0) is 11.0. The molecule has 15 heavy (non-hydrogen) atoms. The molecule has 80 valence electrons. The Bertz CT molecular complexity index is 396. The van der Waals surface area contributed by atoms with Crippen LogP contribution >= 0.6 is 0 Å². The average Bonchev–Trinajstić information content (AvgIpc) is 2.56. The van der Waals surface area contributed by atoms with E-state index in [9.17, 15) is 9.59 Å². The Balaban J connectivity index is 2.59. The van der Waals surface area contributed by atoms with Gasteiger partial charge in [0, 0.05) is 0 Å². The number of fused-ring (bicyclic) bond motifs is 1. The SMILES string of the molecule is O=C(O)c1[se]c(C(=O)O)c2c1OCCO2. The van der Waals surface area contributed by atoms with Gasteiger partial charge in [0.15, 0.2) is 0 Å². The molecule has 1 aliphatic heterocycles. The summed E-state index contributed by atoms with van der Waals surface area (Å²) in [5, 5.41) is 17.7. The van der Waals surface area contributed by atoms with Crippen LogP contribution in [0.4, 0.5) is 0 Å². The number of aromatic carboxylic acids is 2. The summed E-state index contributed by atoms with van der Waals surface area (Å²) in [5.74, 6) is -2.12. The summed E-state index contributed by atoms with van der Waals surface area (Å²) in [6.07, 6.45) is 0. The zero-order valence-electron chi connectivity index (χ0n) is 7.35. The van der Waals surface area contributed by atoms with Crippen LogP contribution in [-0.4, -0.2) is 49.9 Å². The van der Waals surface area contributed by atoms with Gasteiger partial charge < -0.3 is 0 Å². The van der Waals surface area contributed by atoms with E-state index >= 15 is 0 Å². The summed E-state index contributed by atoms with van der Waals surface area (Å²) in [7, 11) is 0. The number of ether oxygens (including phenoxy) is 2. The first kappa shape index (κ1) is 10.1. The monoisotopic (exact) mass is 278 g/mol. The Labute approximate surface area is 89.8 Å². The Morgan fingerprint density at radius 1 is 1.00 bits per heavy atom. The predicted octanol–water partition coefficient (Wildman–Crippen LogP) is -0.0888. The van der Waals surface area contributed by atoms with Gasteiger partial charge in [-0.2, -0.15) is 0 Å². The van der Waals surface area contributed by atoms with Gasteiger partial charge in [-0.3, -0.25) is 0 Å². The van der Waals surface area contributed by atoms with E-state index in [4.69, 9.17) is 19.7 Å². The number of carbonyl (C=O) groups is 2. The quantitative estimate of drug-likeness (QED) is 0.734. The van der Waals surface area contributed by atoms with E-state index in [-0.39, 0.29) is 33.6 Å². The first-order chi connectivity index (χ1) is 7.11. The number of carboxylic acids is 2. The third kappa shape index (κ3) is 1.60. The van der Waals surface area contributed by atoms with Crippen molar-refractivity contribution in [2.45, 2.75) is 0 Å². The molecule has 0 amide bonds. The van der Waals surface area contributed by atoms with Gasteiger partial charge >= 0.3 is 89.3 Å². The van der Waals surface area contributed by atoms with Crippen LogP contribution in [-0.2, 0) is 0 Å². The average molecular weight is 277 g/mol. The number of rotatable bonds is 2. The Kier molecular flexibility index (Phi) is 2.42. The standard InChI is InChI=1S/C8H6O6Se/c9-7(10)5-3-4(14-2-1-13-3)6(15-5)8(11)12/h1-2H2,(H,9,10)(H,11,12). The van der Waals surface area contributed by atoms with Gasteiger partial charge in [-0.25, -0.2) is 0 Å². The predicted molar refractivity (Wildman–Crippen MR) is 48.3 cm³/mol. The molecule has 0 fully saturated rings. The molecule has 0 aliphatic carbocycles. The fourth-order valence-corrected chi connectivity index (χ4v) is 3.05. The summed E-state index contributed by atoms with van der Waals surface area (Å²) in [6.45, 7) is 0.497. The molecule has 0 radical (unpaired) electrons. The van der Waals surface area contributed by atoms with Gasteiger partial charge in [0.25, 0.3) is 0 Å². The van der Waals surface area contributed by atoms with Gasteiger partial charge in [-0.15, -0.1) is 0 Å². The molecule has 0 bridgehead atoms. The van der Waals surface area contributed by atoms with Gasteiger partial charge in [-0.1, -0.05) is 0 Å². The van der Waals surface area contributed by atoms with Crippen LogP contribution in [0.15, 0.2) is 0 Å². The van der Waals surface area contributed by atoms with Crippen molar-refractivity contribution in [3.05, 3.63) is 8.87 Å². The molecule has 6 nitrogen and oxygen atoms in total. The second-order valence-corrected chi connectivity index (χ2v) is 4.87. The minimum absolute atomic E-state index is 0.00889. The first-order valence-electron chi connectivity index (χ1n) is 4.00. The summed E-state index contributed by atoms with van der Waals surface area (Å²) in [5.41, 5.74) is 0. The minimum atomic E-state index is -1.15. The second-order valence-electron chi connectivity index (χ2n) is 2.73. The van der Waals surface area contributed by atoms with E-state index < -0.39 is 26.4 Å². The van der Waals surface area contributed by atoms with Gasteiger partial charge in [0.05, 0.1) is 0 Å². The summed E-state index contributed by atoms with van der Waals surface area (Å²) < 4.78 is 10.3. The molecular weight excluding hydrogens is 271 g/mol. The topological polar surface area (TPSA) is 93.1 Å². The molecule has 0 saturated carbocycles. The van der Waals surface area contributed by atoms with E-state index in [0.29, 0.717) is 0 Å². The normalized spacial score (nSPS) is 13.6. The molecule has 1 aromatic rings. The molecule has 0 unspecified atom stereocenters. The van der Waals surface area contributed by atoms with Crippen LogP contribution in [0.5, 0.6) is 11.5 Å². The van der Waals surface area contributed by atoms with Crippen LogP contribution in [0.25, 0.3) is 0 Å². The van der Waals surface area contributed by atoms with Gasteiger partial charge in [-0.05, 0) is 0 Å². The summed E-state index contributed by atoms with van der Waals surface area (Å²) in [6, 6.07) is 0. The van der Waals surface area contributed by atoms with E-state index in [1.54, 1.807) is 0 Å². The molecule has 1 aromatic heterocycles. The number of carboxylic acid groups (broad SMARTS) is 2. The summed E-state index contributed by atoms with van der Waals surface area (Å²) in [4.78, 5) is 21.7. The molecule has 2 rings (SSSR count). The third-order valence-corrected chi connectivity index (χ3v) is 4.15. The first-order valence-corrected chi connectivity index (χ1v) is 5.71. The van der Waals surface area contributed by atoms with Crippen LogP contribution in [0.3, 0.4) is 0 Å². The van der Waals surface area contributed by atoms with Crippen molar-refractivity contribution in [3.63, 3.8) is 0 Å². The fraction of sp³-hybridized carbons (Fsp3) is 0.250. The maximum absolute atomic E-state index is 10.8. The van der Waals surface area contributed by atoms with Crippen LogP contribution in [0.2, 0.25) is 0 Å². The van der Waals surface area contributed by atoms with E-state index in [1.807, 2.05) is 0 Å². The molecule has 1 aliphatic rings.